The summed E-state index contributed by atoms with van der Waals surface area (Å²) in [6, 6.07) is 2.94. The number of halogens is 3. The first-order chi connectivity index (χ1) is 10.1. The first-order valence-corrected chi connectivity index (χ1v) is 7.31. The van der Waals surface area contributed by atoms with E-state index < -0.39 is 5.82 Å². The Balaban J connectivity index is 2.37. The summed E-state index contributed by atoms with van der Waals surface area (Å²) in [6.07, 6.45) is 2.21. The summed E-state index contributed by atoms with van der Waals surface area (Å²) in [5.41, 5.74) is 1.51. The van der Waals surface area contributed by atoms with Gasteiger partial charge in [0.25, 0.3) is 0 Å². The van der Waals surface area contributed by atoms with Gasteiger partial charge in [-0.25, -0.2) is 14.4 Å². The van der Waals surface area contributed by atoms with Crippen LogP contribution in [0.5, 0.6) is 0 Å². The van der Waals surface area contributed by atoms with Crippen LogP contribution in [-0.2, 0) is 6.42 Å². The molecular formula is C14H15Cl2FN4. The number of nitrogens with zero attached hydrogens (tertiary/aromatic N) is 2. The SMILES string of the molecule is CCNc1ncnc(Nc2cc(Cl)c(F)c(Cl)c2)c1CC. The highest BCUT2D eigenvalue weighted by atomic mass is 35.5. The molecule has 112 valence electrons. The Morgan fingerprint density at radius 2 is 1.71 bits per heavy atom. The van der Waals surface area contributed by atoms with Crippen molar-refractivity contribution in [3.8, 4) is 0 Å². The third kappa shape index (κ3) is 3.54. The van der Waals surface area contributed by atoms with E-state index in [1.165, 1.54) is 18.5 Å². The van der Waals surface area contributed by atoms with Crippen molar-refractivity contribution in [2.45, 2.75) is 20.3 Å². The standard InChI is InChI=1S/C14H15Cl2FN4/c1-3-9-13(18-4-2)19-7-20-14(9)21-8-5-10(15)12(17)11(16)6-8/h5-7H,3-4H2,1-2H3,(H2,18,19,20,21). The zero-order valence-corrected chi connectivity index (χ0v) is 13.2. The average Bonchev–Trinajstić information content (AvgIpc) is 2.45. The van der Waals surface area contributed by atoms with Gasteiger partial charge in [0.2, 0.25) is 0 Å². The van der Waals surface area contributed by atoms with Gasteiger partial charge >= 0.3 is 0 Å². The molecule has 1 aromatic heterocycles. The number of hydrogen-bond acceptors (Lipinski definition) is 4. The molecule has 0 fully saturated rings. The Bertz CT molecular complexity index is 626. The number of benzene rings is 1. The summed E-state index contributed by atoms with van der Waals surface area (Å²) >= 11 is 11.6. The molecule has 0 saturated carbocycles. The predicted molar refractivity (Wildman–Crippen MR) is 85.3 cm³/mol. The van der Waals surface area contributed by atoms with Crippen LogP contribution in [0.2, 0.25) is 10.0 Å². The Kier molecular flexibility index (Phi) is 5.20. The van der Waals surface area contributed by atoms with Crippen molar-refractivity contribution in [2.75, 3.05) is 17.2 Å². The highest BCUT2D eigenvalue weighted by Gasteiger charge is 2.12. The van der Waals surface area contributed by atoms with Crippen molar-refractivity contribution < 1.29 is 4.39 Å². The van der Waals surface area contributed by atoms with Crippen LogP contribution >= 0.6 is 23.2 Å². The lowest BCUT2D eigenvalue weighted by atomic mass is 10.2. The minimum absolute atomic E-state index is 0.0380. The Labute approximate surface area is 132 Å². The van der Waals surface area contributed by atoms with Gasteiger partial charge in [0.1, 0.15) is 18.0 Å². The normalized spacial score (nSPS) is 10.5. The molecule has 0 bridgehead atoms. The molecule has 0 aliphatic rings. The number of hydrogen-bond donors (Lipinski definition) is 2. The maximum absolute atomic E-state index is 13.4. The monoisotopic (exact) mass is 328 g/mol. The third-order valence-corrected chi connectivity index (χ3v) is 3.44. The summed E-state index contributed by atoms with van der Waals surface area (Å²) in [4.78, 5) is 8.44. The van der Waals surface area contributed by atoms with Gasteiger partial charge in [-0.05, 0) is 25.5 Å². The van der Waals surface area contributed by atoms with Crippen molar-refractivity contribution in [1.82, 2.24) is 9.97 Å². The Morgan fingerprint density at radius 3 is 2.29 bits per heavy atom. The highest BCUT2D eigenvalue weighted by molar-refractivity contribution is 6.35. The summed E-state index contributed by atoms with van der Waals surface area (Å²) in [6.45, 7) is 4.77. The lowest BCUT2D eigenvalue weighted by Crippen LogP contribution is -2.07. The van der Waals surface area contributed by atoms with Crippen LogP contribution in [0.4, 0.5) is 21.7 Å². The van der Waals surface area contributed by atoms with E-state index in [2.05, 4.69) is 20.6 Å². The molecule has 1 heterocycles. The van der Waals surface area contributed by atoms with Crippen molar-refractivity contribution in [3.63, 3.8) is 0 Å². The van der Waals surface area contributed by atoms with Crippen molar-refractivity contribution in [3.05, 3.63) is 39.9 Å². The van der Waals surface area contributed by atoms with Gasteiger partial charge in [0.15, 0.2) is 5.82 Å². The number of anilines is 3. The zero-order valence-electron chi connectivity index (χ0n) is 11.7. The van der Waals surface area contributed by atoms with E-state index in [0.717, 1.165) is 24.3 Å². The second-order valence-electron chi connectivity index (χ2n) is 4.31. The van der Waals surface area contributed by atoms with Crippen LogP contribution in [0.1, 0.15) is 19.4 Å². The minimum atomic E-state index is -0.629. The molecule has 0 atom stereocenters. The fourth-order valence-electron chi connectivity index (χ4n) is 1.94. The van der Waals surface area contributed by atoms with E-state index >= 15 is 0 Å². The molecule has 0 aliphatic heterocycles. The van der Waals surface area contributed by atoms with E-state index in [1.807, 2.05) is 13.8 Å². The van der Waals surface area contributed by atoms with Crippen LogP contribution in [0.25, 0.3) is 0 Å². The topological polar surface area (TPSA) is 49.8 Å². The third-order valence-electron chi connectivity index (χ3n) is 2.89. The summed E-state index contributed by atoms with van der Waals surface area (Å²) < 4.78 is 13.4. The maximum Gasteiger partial charge on any atom is 0.160 e. The molecule has 2 aromatic rings. The van der Waals surface area contributed by atoms with E-state index in [1.54, 1.807) is 0 Å². The molecule has 21 heavy (non-hydrogen) atoms. The zero-order chi connectivity index (χ0) is 15.4. The highest BCUT2D eigenvalue weighted by Crippen LogP contribution is 2.30. The van der Waals surface area contributed by atoms with Gasteiger partial charge in [-0.1, -0.05) is 30.1 Å². The quantitative estimate of drug-likeness (QED) is 0.783. The van der Waals surface area contributed by atoms with Gasteiger partial charge in [-0.3, -0.25) is 0 Å². The molecule has 7 heteroatoms. The van der Waals surface area contributed by atoms with Crippen LogP contribution in [-0.4, -0.2) is 16.5 Å². The number of nitrogens with one attached hydrogen (secondary N) is 2. The molecule has 0 aliphatic carbocycles. The number of rotatable bonds is 5. The van der Waals surface area contributed by atoms with Gasteiger partial charge < -0.3 is 10.6 Å². The largest absolute Gasteiger partial charge is 0.370 e. The molecule has 0 unspecified atom stereocenters. The van der Waals surface area contributed by atoms with Crippen molar-refractivity contribution in [2.24, 2.45) is 0 Å². The molecule has 0 radical (unpaired) electrons. The number of aromatic nitrogens is 2. The van der Waals surface area contributed by atoms with Crippen LogP contribution in [0.15, 0.2) is 18.5 Å². The van der Waals surface area contributed by atoms with Crippen LogP contribution in [0.3, 0.4) is 0 Å². The van der Waals surface area contributed by atoms with E-state index in [0.29, 0.717) is 11.5 Å². The van der Waals surface area contributed by atoms with Gasteiger partial charge in [0, 0.05) is 17.8 Å². The van der Waals surface area contributed by atoms with Crippen LogP contribution < -0.4 is 10.6 Å². The van der Waals surface area contributed by atoms with Crippen molar-refractivity contribution >= 4 is 40.5 Å². The lowest BCUT2D eigenvalue weighted by molar-refractivity contribution is 0.629. The fraction of sp³-hybridized carbons (Fsp3) is 0.286. The molecule has 0 amide bonds. The van der Waals surface area contributed by atoms with Gasteiger partial charge in [0.05, 0.1) is 10.0 Å². The predicted octanol–water partition coefficient (Wildman–Crippen LogP) is 4.66. The second kappa shape index (κ2) is 6.91. The molecule has 2 N–H and O–H groups in total. The van der Waals surface area contributed by atoms with Gasteiger partial charge in [-0.15, -0.1) is 0 Å². The molecule has 2 rings (SSSR count). The van der Waals surface area contributed by atoms with Gasteiger partial charge in [-0.2, -0.15) is 0 Å². The molecule has 0 saturated heterocycles. The van der Waals surface area contributed by atoms with E-state index in [4.69, 9.17) is 23.2 Å². The molecule has 4 nitrogen and oxygen atoms in total. The summed E-state index contributed by atoms with van der Waals surface area (Å²) in [5.74, 6) is 0.787. The fourth-order valence-corrected chi connectivity index (χ4v) is 2.43. The molecule has 0 spiro atoms. The minimum Gasteiger partial charge on any atom is -0.370 e. The summed E-state index contributed by atoms with van der Waals surface area (Å²) in [7, 11) is 0. The first kappa shape index (κ1) is 15.8. The summed E-state index contributed by atoms with van der Waals surface area (Å²) in [5, 5.41) is 6.21. The van der Waals surface area contributed by atoms with E-state index in [9.17, 15) is 4.39 Å². The average molecular weight is 329 g/mol. The van der Waals surface area contributed by atoms with E-state index in [-0.39, 0.29) is 10.0 Å². The first-order valence-electron chi connectivity index (χ1n) is 6.56. The van der Waals surface area contributed by atoms with Crippen LogP contribution in [0, 0.1) is 5.82 Å². The molecule has 1 aromatic carbocycles. The molecular weight excluding hydrogens is 314 g/mol. The Hall–Kier alpha value is -1.59. The smallest absolute Gasteiger partial charge is 0.160 e. The van der Waals surface area contributed by atoms with Crippen molar-refractivity contribution in [1.29, 1.82) is 0 Å². The lowest BCUT2D eigenvalue weighted by Gasteiger charge is -2.14. The maximum atomic E-state index is 13.4. The second-order valence-corrected chi connectivity index (χ2v) is 5.13. The Morgan fingerprint density at radius 1 is 1.10 bits per heavy atom.